The molecule has 0 spiro atoms. The zero-order valence-electron chi connectivity index (χ0n) is 12.2. The normalized spacial score (nSPS) is 15.2. The Morgan fingerprint density at radius 2 is 1.85 bits per heavy atom. The molecule has 0 fully saturated rings. The van der Waals surface area contributed by atoms with Gasteiger partial charge in [-0.3, -0.25) is 0 Å². The van der Waals surface area contributed by atoms with E-state index in [1.165, 1.54) is 27.7 Å². The van der Waals surface area contributed by atoms with Gasteiger partial charge in [-0.05, 0) is 6.92 Å². The highest BCUT2D eigenvalue weighted by Gasteiger charge is 2.55. The van der Waals surface area contributed by atoms with Gasteiger partial charge in [0.2, 0.25) is 0 Å². The molecule has 0 aromatic rings. The molecule has 6 heteroatoms. The van der Waals surface area contributed by atoms with Crippen LogP contribution in [0.3, 0.4) is 0 Å². The lowest BCUT2D eigenvalue weighted by atomic mass is 9.83. The van der Waals surface area contributed by atoms with Crippen LogP contribution in [0.25, 0.3) is 0 Å². The number of rotatable bonds is 7. The fraction of sp³-hybridized carbons (Fsp3) is 0.643. The number of hydrogen-bond donors (Lipinski definition) is 0. The van der Waals surface area contributed by atoms with Gasteiger partial charge < -0.3 is 9.47 Å². The van der Waals surface area contributed by atoms with Crippen molar-refractivity contribution >= 4 is 5.97 Å². The lowest BCUT2D eigenvalue weighted by molar-refractivity contribution is -0.221. The summed E-state index contributed by atoms with van der Waals surface area (Å²) in [5, 5.41) is 0. The zero-order chi connectivity index (χ0) is 16.1. The highest BCUT2D eigenvalue weighted by atomic mass is 19.3. The molecule has 0 aromatic heterocycles. The van der Waals surface area contributed by atoms with E-state index < -0.39 is 36.2 Å². The molecule has 3 nitrogen and oxygen atoms in total. The van der Waals surface area contributed by atoms with Gasteiger partial charge in [-0.1, -0.05) is 33.9 Å². The van der Waals surface area contributed by atoms with E-state index in [-0.39, 0.29) is 5.57 Å². The minimum Gasteiger partial charge on any atom is -0.492 e. The summed E-state index contributed by atoms with van der Waals surface area (Å²) in [6, 6.07) is 0. The van der Waals surface area contributed by atoms with Crippen LogP contribution in [-0.4, -0.2) is 30.8 Å². The van der Waals surface area contributed by atoms with Crippen molar-refractivity contribution in [3.63, 3.8) is 0 Å². The van der Waals surface area contributed by atoms with E-state index >= 15 is 0 Å². The summed E-state index contributed by atoms with van der Waals surface area (Å²) in [5.41, 5.74) is -1.10. The first-order valence-corrected chi connectivity index (χ1v) is 6.05. The Morgan fingerprint density at radius 1 is 1.35 bits per heavy atom. The number of carbonyl (C=O) groups excluding carboxylic acids is 1. The molecular weight excluding hydrogens is 273 g/mol. The quantitative estimate of drug-likeness (QED) is 0.408. The first-order chi connectivity index (χ1) is 8.98. The Labute approximate surface area is 117 Å². The Balaban J connectivity index is 5.34. The monoisotopic (exact) mass is 294 g/mol. The van der Waals surface area contributed by atoms with E-state index in [9.17, 15) is 18.0 Å². The van der Waals surface area contributed by atoms with Gasteiger partial charge in [0.15, 0.2) is 12.2 Å². The van der Waals surface area contributed by atoms with Crippen LogP contribution in [0.2, 0.25) is 0 Å². The third kappa shape index (κ3) is 4.58. The molecule has 0 rings (SSSR count). The standard InChI is InChI=1S/C14H21F3O3/c1-7-19-12(13(4,5)6)14(16,17)10(8-15)20-11(18)9(2)3/h7,10,12H,1-2,8H2,3-6H3. The Morgan fingerprint density at radius 3 is 2.15 bits per heavy atom. The minimum atomic E-state index is -3.72. The molecule has 2 unspecified atom stereocenters. The smallest absolute Gasteiger partial charge is 0.333 e. The zero-order valence-corrected chi connectivity index (χ0v) is 12.2. The number of ether oxygens (including phenoxy) is 2. The predicted molar refractivity (Wildman–Crippen MR) is 70.1 cm³/mol. The van der Waals surface area contributed by atoms with Gasteiger partial charge in [0, 0.05) is 11.0 Å². The van der Waals surface area contributed by atoms with Crippen LogP contribution in [0.5, 0.6) is 0 Å². The van der Waals surface area contributed by atoms with Crippen LogP contribution < -0.4 is 0 Å². The molecule has 0 aliphatic heterocycles. The third-order valence-electron chi connectivity index (χ3n) is 2.54. The molecule has 116 valence electrons. The Hall–Kier alpha value is -1.46. The molecule has 20 heavy (non-hydrogen) atoms. The van der Waals surface area contributed by atoms with Crippen LogP contribution in [0.1, 0.15) is 27.7 Å². The molecule has 2 atom stereocenters. The topological polar surface area (TPSA) is 35.5 Å². The summed E-state index contributed by atoms with van der Waals surface area (Å²) in [4.78, 5) is 11.3. The number of hydrogen-bond acceptors (Lipinski definition) is 3. The summed E-state index contributed by atoms with van der Waals surface area (Å²) in [5.74, 6) is -4.79. The molecule has 0 heterocycles. The molecule has 0 aromatic carbocycles. The van der Waals surface area contributed by atoms with E-state index in [0.717, 1.165) is 6.26 Å². The lowest BCUT2D eigenvalue weighted by Gasteiger charge is -2.38. The van der Waals surface area contributed by atoms with Crippen LogP contribution >= 0.6 is 0 Å². The number of carbonyl (C=O) groups is 1. The summed E-state index contributed by atoms with van der Waals surface area (Å²) < 4.78 is 50.9. The molecule has 0 aliphatic carbocycles. The second-order valence-electron chi connectivity index (χ2n) is 5.55. The third-order valence-corrected chi connectivity index (χ3v) is 2.54. The van der Waals surface area contributed by atoms with Crippen molar-refractivity contribution in [1.29, 1.82) is 0 Å². The van der Waals surface area contributed by atoms with E-state index in [1.54, 1.807) is 0 Å². The predicted octanol–water partition coefficient (Wildman–Crippen LogP) is 3.65. The van der Waals surface area contributed by atoms with Crippen molar-refractivity contribution < 1.29 is 27.4 Å². The molecular formula is C14H21F3O3. The largest absolute Gasteiger partial charge is 0.492 e. The summed E-state index contributed by atoms with van der Waals surface area (Å²) >= 11 is 0. The van der Waals surface area contributed by atoms with E-state index in [2.05, 4.69) is 17.9 Å². The molecule has 0 saturated carbocycles. The van der Waals surface area contributed by atoms with Crippen LogP contribution in [0.15, 0.2) is 25.0 Å². The summed E-state index contributed by atoms with van der Waals surface area (Å²) in [7, 11) is 0. The maximum atomic E-state index is 14.3. The highest BCUT2D eigenvalue weighted by molar-refractivity contribution is 5.87. The van der Waals surface area contributed by atoms with Crippen molar-refractivity contribution in [1.82, 2.24) is 0 Å². The first-order valence-electron chi connectivity index (χ1n) is 6.05. The fourth-order valence-electron chi connectivity index (χ4n) is 1.58. The molecule has 0 aliphatic rings. The van der Waals surface area contributed by atoms with E-state index in [1.807, 2.05) is 0 Å². The van der Waals surface area contributed by atoms with E-state index in [0.29, 0.717) is 0 Å². The van der Waals surface area contributed by atoms with Crippen molar-refractivity contribution in [2.45, 2.75) is 45.8 Å². The molecule has 0 radical (unpaired) electrons. The van der Waals surface area contributed by atoms with Gasteiger partial charge in [0.05, 0.1) is 6.26 Å². The summed E-state index contributed by atoms with van der Waals surface area (Å²) in [6.45, 7) is 10.8. The molecule has 0 amide bonds. The molecule has 0 saturated heterocycles. The maximum Gasteiger partial charge on any atom is 0.333 e. The maximum absolute atomic E-state index is 14.3. The van der Waals surface area contributed by atoms with E-state index in [4.69, 9.17) is 4.74 Å². The average Bonchev–Trinajstić information content (AvgIpc) is 2.30. The van der Waals surface area contributed by atoms with Gasteiger partial charge >= 0.3 is 11.9 Å². The Bertz CT molecular complexity index is 372. The fourth-order valence-corrected chi connectivity index (χ4v) is 1.58. The van der Waals surface area contributed by atoms with Gasteiger partial charge in [0.1, 0.15) is 6.67 Å². The van der Waals surface area contributed by atoms with Crippen LogP contribution in [0.4, 0.5) is 13.2 Å². The van der Waals surface area contributed by atoms with Gasteiger partial charge in [0.25, 0.3) is 0 Å². The van der Waals surface area contributed by atoms with Crippen LogP contribution in [-0.2, 0) is 14.3 Å². The minimum absolute atomic E-state index is 0.0869. The molecule has 0 N–H and O–H groups in total. The van der Waals surface area contributed by atoms with Gasteiger partial charge in [-0.25, -0.2) is 9.18 Å². The highest BCUT2D eigenvalue weighted by Crippen LogP contribution is 2.38. The van der Waals surface area contributed by atoms with Gasteiger partial charge in [-0.15, -0.1) is 0 Å². The van der Waals surface area contributed by atoms with Crippen molar-refractivity contribution in [3.05, 3.63) is 25.0 Å². The van der Waals surface area contributed by atoms with Crippen molar-refractivity contribution in [2.24, 2.45) is 5.41 Å². The summed E-state index contributed by atoms with van der Waals surface area (Å²) in [6.07, 6.45) is -3.07. The van der Waals surface area contributed by atoms with Gasteiger partial charge in [-0.2, -0.15) is 8.78 Å². The SMILES string of the molecule is C=COC(C(C)(C)C)C(F)(F)C(CF)OC(=O)C(=C)C. The molecule has 0 bridgehead atoms. The van der Waals surface area contributed by atoms with Crippen molar-refractivity contribution in [2.75, 3.05) is 6.67 Å². The van der Waals surface area contributed by atoms with Crippen LogP contribution in [0, 0.1) is 5.41 Å². The number of esters is 1. The first kappa shape index (κ1) is 18.5. The lowest BCUT2D eigenvalue weighted by Crippen LogP contribution is -2.53. The van der Waals surface area contributed by atoms with Crippen molar-refractivity contribution in [3.8, 4) is 0 Å². The second-order valence-corrected chi connectivity index (χ2v) is 5.55. The Kier molecular flexibility index (Phi) is 6.32. The second kappa shape index (κ2) is 6.81. The number of alkyl halides is 3. The average molecular weight is 294 g/mol. The number of halogens is 3.